The van der Waals surface area contributed by atoms with Gasteiger partial charge in [0.1, 0.15) is 5.69 Å². The van der Waals surface area contributed by atoms with Gasteiger partial charge in [0, 0.05) is 27.4 Å². The van der Waals surface area contributed by atoms with E-state index in [9.17, 15) is 4.79 Å². The van der Waals surface area contributed by atoms with E-state index in [-0.39, 0.29) is 5.91 Å². The summed E-state index contributed by atoms with van der Waals surface area (Å²) in [5.41, 5.74) is 3.49. The van der Waals surface area contributed by atoms with Crippen molar-refractivity contribution in [1.29, 1.82) is 0 Å². The van der Waals surface area contributed by atoms with Gasteiger partial charge >= 0.3 is 0 Å². The Morgan fingerprint density at radius 1 is 1.03 bits per heavy atom. The molecule has 0 fully saturated rings. The second-order valence-electron chi connectivity index (χ2n) is 6.70. The number of amides is 1. The van der Waals surface area contributed by atoms with Gasteiger partial charge in [-0.25, -0.2) is 0 Å². The summed E-state index contributed by atoms with van der Waals surface area (Å²) in [6.45, 7) is 2.50. The fraction of sp³-hybridized carbons (Fsp3) is 0.0952. The number of H-pyrrole nitrogens is 1. The minimum absolute atomic E-state index is 0.293. The Bertz CT molecular complexity index is 1210. The van der Waals surface area contributed by atoms with Crippen LogP contribution < -0.4 is 5.32 Å². The third kappa shape index (κ3) is 4.51. The van der Waals surface area contributed by atoms with Crippen LogP contribution in [0.5, 0.6) is 0 Å². The first kappa shape index (κ1) is 20.5. The van der Waals surface area contributed by atoms with Crippen molar-refractivity contribution in [2.24, 2.45) is 0 Å². The van der Waals surface area contributed by atoms with Crippen LogP contribution in [0, 0.1) is 6.92 Å². The van der Waals surface area contributed by atoms with E-state index in [1.54, 1.807) is 30.3 Å². The highest BCUT2D eigenvalue weighted by molar-refractivity contribution is 6.36. The summed E-state index contributed by atoms with van der Waals surface area (Å²) >= 11 is 18.1. The SMILES string of the molecule is Cc1cc(NC(=O)c2cc(-c3ccc(Cl)cc3Cl)n[nH]2)nn1Cc1ccc(Cl)cc1. The van der Waals surface area contributed by atoms with Crippen LogP contribution in [0.4, 0.5) is 5.82 Å². The van der Waals surface area contributed by atoms with Gasteiger partial charge < -0.3 is 5.32 Å². The number of carbonyl (C=O) groups is 1. The molecule has 4 aromatic rings. The molecule has 6 nitrogen and oxygen atoms in total. The average molecular weight is 461 g/mol. The topological polar surface area (TPSA) is 75.6 Å². The van der Waals surface area contributed by atoms with Crippen molar-refractivity contribution in [3.8, 4) is 11.3 Å². The number of aryl methyl sites for hydroxylation is 1. The minimum Gasteiger partial charge on any atom is -0.304 e. The summed E-state index contributed by atoms with van der Waals surface area (Å²) in [5, 5.41) is 15.8. The molecular formula is C21H16Cl3N5O. The highest BCUT2D eigenvalue weighted by Gasteiger charge is 2.15. The van der Waals surface area contributed by atoms with Crippen LogP contribution in [-0.4, -0.2) is 25.9 Å². The lowest BCUT2D eigenvalue weighted by atomic mass is 10.1. The maximum Gasteiger partial charge on any atom is 0.274 e. The molecule has 0 saturated heterocycles. The normalized spacial score (nSPS) is 10.9. The van der Waals surface area contributed by atoms with E-state index < -0.39 is 0 Å². The highest BCUT2D eigenvalue weighted by Crippen LogP contribution is 2.29. The van der Waals surface area contributed by atoms with E-state index in [1.165, 1.54) is 0 Å². The molecule has 0 spiro atoms. The van der Waals surface area contributed by atoms with E-state index in [1.807, 2.05) is 35.9 Å². The Labute approximate surface area is 187 Å². The monoisotopic (exact) mass is 459 g/mol. The molecule has 1 amide bonds. The second kappa shape index (κ2) is 8.52. The largest absolute Gasteiger partial charge is 0.304 e. The average Bonchev–Trinajstić information content (AvgIpc) is 3.31. The molecule has 4 rings (SSSR count). The molecule has 30 heavy (non-hydrogen) atoms. The molecule has 0 aliphatic rings. The van der Waals surface area contributed by atoms with Crippen molar-refractivity contribution >= 4 is 46.5 Å². The molecule has 2 aromatic heterocycles. The minimum atomic E-state index is -0.352. The molecule has 0 aliphatic heterocycles. The predicted octanol–water partition coefficient (Wildman–Crippen LogP) is 5.84. The van der Waals surface area contributed by atoms with Crippen molar-refractivity contribution in [1.82, 2.24) is 20.0 Å². The number of aromatic amines is 1. The lowest BCUT2D eigenvalue weighted by Gasteiger charge is -2.04. The summed E-state index contributed by atoms with van der Waals surface area (Å²) in [6, 6.07) is 16.1. The van der Waals surface area contributed by atoms with Gasteiger partial charge in [0.25, 0.3) is 5.91 Å². The maximum atomic E-state index is 12.6. The summed E-state index contributed by atoms with van der Waals surface area (Å²) < 4.78 is 1.81. The number of nitrogens with one attached hydrogen (secondary N) is 2. The van der Waals surface area contributed by atoms with Crippen LogP contribution >= 0.6 is 34.8 Å². The molecule has 0 radical (unpaired) electrons. The Morgan fingerprint density at radius 2 is 1.77 bits per heavy atom. The summed E-state index contributed by atoms with van der Waals surface area (Å²) in [6.07, 6.45) is 0. The van der Waals surface area contributed by atoms with Crippen LogP contribution in [0.3, 0.4) is 0 Å². The first-order valence-corrected chi connectivity index (χ1v) is 10.1. The smallest absolute Gasteiger partial charge is 0.274 e. The first-order chi connectivity index (χ1) is 14.4. The third-order valence-electron chi connectivity index (χ3n) is 4.50. The quantitative estimate of drug-likeness (QED) is 0.393. The zero-order valence-electron chi connectivity index (χ0n) is 15.8. The molecule has 0 saturated carbocycles. The second-order valence-corrected chi connectivity index (χ2v) is 7.98. The van der Waals surface area contributed by atoms with Gasteiger partial charge in [0.2, 0.25) is 0 Å². The van der Waals surface area contributed by atoms with Crippen molar-refractivity contribution in [2.45, 2.75) is 13.5 Å². The number of halogens is 3. The van der Waals surface area contributed by atoms with Crippen LogP contribution in [-0.2, 0) is 6.54 Å². The van der Waals surface area contributed by atoms with Gasteiger partial charge in [0.15, 0.2) is 5.82 Å². The van der Waals surface area contributed by atoms with E-state index >= 15 is 0 Å². The number of hydrogen-bond acceptors (Lipinski definition) is 3. The van der Waals surface area contributed by atoms with E-state index in [0.29, 0.717) is 44.4 Å². The number of aromatic nitrogens is 4. The number of benzene rings is 2. The van der Waals surface area contributed by atoms with E-state index in [0.717, 1.165) is 11.3 Å². The molecule has 0 unspecified atom stereocenters. The lowest BCUT2D eigenvalue weighted by Crippen LogP contribution is -2.13. The zero-order valence-corrected chi connectivity index (χ0v) is 18.1. The van der Waals surface area contributed by atoms with Gasteiger partial charge in [-0.05, 0) is 48.9 Å². The van der Waals surface area contributed by atoms with Crippen molar-refractivity contribution in [3.05, 3.63) is 86.6 Å². The van der Waals surface area contributed by atoms with Crippen LogP contribution in [0.1, 0.15) is 21.7 Å². The number of nitrogens with zero attached hydrogens (tertiary/aromatic N) is 3. The maximum absolute atomic E-state index is 12.6. The number of anilines is 1. The van der Waals surface area contributed by atoms with E-state index in [4.69, 9.17) is 34.8 Å². The molecule has 0 bridgehead atoms. The fourth-order valence-corrected chi connectivity index (χ4v) is 3.58. The predicted molar refractivity (Wildman–Crippen MR) is 120 cm³/mol. The standard InChI is InChI=1S/C21H16Cl3N5O/c1-12-8-20(28-29(12)11-13-2-4-14(22)5-3-13)25-21(30)19-10-18(26-27-19)16-7-6-15(23)9-17(16)24/h2-10H,11H2,1H3,(H,26,27)(H,25,28,30). The molecule has 2 aromatic carbocycles. The molecule has 9 heteroatoms. The number of rotatable bonds is 5. The summed E-state index contributed by atoms with van der Waals surface area (Å²) in [4.78, 5) is 12.6. The van der Waals surface area contributed by atoms with Gasteiger partial charge in [-0.2, -0.15) is 10.2 Å². The summed E-state index contributed by atoms with van der Waals surface area (Å²) in [5.74, 6) is 0.0992. The number of carbonyl (C=O) groups excluding carboxylic acids is 1. The first-order valence-electron chi connectivity index (χ1n) is 9.00. The van der Waals surface area contributed by atoms with E-state index in [2.05, 4.69) is 20.6 Å². The fourth-order valence-electron chi connectivity index (χ4n) is 2.95. The third-order valence-corrected chi connectivity index (χ3v) is 5.30. The zero-order chi connectivity index (χ0) is 21.3. The van der Waals surface area contributed by atoms with Gasteiger partial charge in [0.05, 0.1) is 17.3 Å². The van der Waals surface area contributed by atoms with Gasteiger partial charge in [-0.1, -0.05) is 46.9 Å². The van der Waals surface area contributed by atoms with Crippen molar-refractivity contribution in [3.63, 3.8) is 0 Å². The summed E-state index contributed by atoms with van der Waals surface area (Å²) in [7, 11) is 0. The Morgan fingerprint density at radius 3 is 2.50 bits per heavy atom. The van der Waals surface area contributed by atoms with Crippen LogP contribution in [0.25, 0.3) is 11.3 Å². The molecule has 2 N–H and O–H groups in total. The Kier molecular flexibility index (Phi) is 5.81. The highest BCUT2D eigenvalue weighted by atomic mass is 35.5. The lowest BCUT2D eigenvalue weighted by molar-refractivity contribution is 0.102. The van der Waals surface area contributed by atoms with Crippen molar-refractivity contribution in [2.75, 3.05) is 5.32 Å². The van der Waals surface area contributed by atoms with Crippen LogP contribution in [0.15, 0.2) is 54.6 Å². The number of hydrogen-bond donors (Lipinski definition) is 2. The van der Waals surface area contributed by atoms with Crippen molar-refractivity contribution < 1.29 is 4.79 Å². The van der Waals surface area contributed by atoms with Crippen LogP contribution in [0.2, 0.25) is 15.1 Å². The Balaban J connectivity index is 1.48. The molecular weight excluding hydrogens is 445 g/mol. The molecule has 0 aliphatic carbocycles. The van der Waals surface area contributed by atoms with Gasteiger partial charge in [-0.3, -0.25) is 14.6 Å². The van der Waals surface area contributed by atoms with Gasteiger partial charge in [-0.15, -0.1) is 0 Å². The molecule has 0 atom stereocenters. The Hall–Kier alpha value is -2.80. The molecule has 2 heterocycles. The molecule has 152 valence electrons.